The van der Waals surface area contributed by atoms with Crippen LogP contribution < -0.4 is 26.6 Å². The molecule has 0 saturated carbocycles. The maximum Gasteiger partial charge on any atom is 0.404 e. The molecule has 6 atom stereocenters. The molecule has 0 aliphatic carbocycles. The first-order chi connectivity index (χ1) is 21.9. The summed E-state index contributed by atoms with van der Waals surface area (Å²) in [7, 11) is 1.34. The first-order valence-corrected chi connectivity index (χ1v) is 16.2. The van der Waals surface area contributed by atoms with Crippen molar-refractivity contribution in [2.75, 3.05) is 20.2 Å². The maximum absolute atomic E-state index is 13.5. The fraction of sp³-hybridized carbons (Fsp3) is 0.750. The zero-order valence-electron chi connectivity index (χ0n) is 29.5. The number of carbonyl (C=O) groups is 5. The minimum Gasteiger partial charge on any atom is -0.465 e. The molecular formula is C32H57N7O8. The largest absolute Gasteiger partial charge is 0.465 e. The van der Waals surface area contributed by atoms with E-state index in [0.29, 0.717) is 13.0 Å². The Morgan fingerprint density at radius 3 is 1.96 bits per heavy atom. The lowest BCUT2D eigenvalue weighted by molar-refractivity contribution is -0.136. The summed E-state index contributed by atoms with van der Waals surface area (Å²) in [6, 6.07) is -1.08. The Hall–Kier alpha value is -3.72. The monoisotopic (exact) mass is 667 g/mol. The van der Waals surface area contributed by atoms with Crippen molar-refractivity contribution in [1.82, 2.24) is 36.4 Å². The molecule has 0 radical (unpaired) electrons. The van der Waals surface area contributed by atoms with Gasteiger partial charge in [0.05, 0.1) is 30.9 Å². The highest BCUT2D eigenvalue weighted by atomic mass is 16.5. The number of hydrogen-bond acceptors (Lipinski definition) is 8. The van der Waals surface area contributed by atoms with E-state index in [2.05, 4.69) is 31.7 Å². The van der Waals surface area contributed by atoms with Gasteiger partial charge in [0.25, 0.3) is 5.91 Å². The summed E-state index contributed by atoms with van der Waals surface area (Å²) >= 11 is 0. The molecule has 0 unspecified atom stereocenters. The average Bonchev–Trinajstić information content (AvgIpc) is 3.29. The average molecular weight is 668 g/mol. The smallest absolute Gasteiger partial charge is 0.404 e. The molecule has 0 fully saturated rings. The van der Waals surface area contributed by atoms with Crippen LogP contribution >= 0.6 is 0 Å². The van der Waals surface area contributed by atoms with Gasteiger partial charge in [-0.3, -0.25) is 23.9 Å². The molecule has 1 aromatic heterocycles. The Kier molecular flexibility index (Phi) is 17.4. The minimum absolute atomic E-state index is 0.0258. The van der Waals surface area contributed by atoms with Gasteiger partial charge in [-0.2, -0.15) is 5.10 Å². The molecule has 0 aliphatic heterocycles. The summed E-state index contributed by atoms with van der Waals surface area (Å²) < 4.78 is 6.96. The van der Waals surface area contributed by atoms with E-state index in [1.165, 1.54) is 7.11 Å². The van der Waals surface area contributed by atoms with Gasteiger partial charge in [0.1, 0.15) is 12.1 Å². The predicted octanol–water partition coefficient (Wildman–Crippen LogP) is 1.10. The second-order valence-corrected chi connectivity index (χ2v) is 13.4. The maximum atomic E-state index is 13.5. The second-order valence-electron chi connectivity index (χ2n) is 13.4. The van der Waals surface area contributed by atoms with Crippen molar-refractivity contribution in [1.29, 1.82) is 0 Å². The molecule has 0 spiro atoms. The van der Waals surface area contributed by atoms with Crippen molar-refractivity contribution in [2.45, 2.75) is 112 Å². The first kappa shape index (κ1) is 41.3. The van der Waals surface area contributed by atoms with Crippen LogP contribution in [0.2, 0.25) is 0 Å². The van der Waals surface area contributed by atoms with E-state index >= 15 is 0 Å². The number of nitrogens with zero attached hydrogens (tertiary/aromatic N) is 2. The lowest BCUT2D eigenvalue weighted by Gasteiger charge is -2.30. The number of carboxylic acid groups (broad SMARTS) is 1. The third kappa shape index (κ3) is 14.7. The van der Waals surface area contributed by atoms with Gasteiger partial charge in [0, 0.05) is 25.3 Å². The number of nitrogens with one attached hydrogen (secondary N) is 5. The van der Waals surface area contributed by atoms with Crippen LogP contribution in [0.3, 0.4) is 0 Å². The number of aryl methyl sites for hydroxylation is 2. The van der Waals surface area contributed by atoms with Gasteiger partial charge in [-0.05, 0) is 50.5 Å². The number of aromatic nitrogens is 2. The molecule has 0 aromatic carbocycles. The van der Waals surface area contributed by atoms with Crippen molar-refractivity contribution in [3.8, 4) is 0 Å². The van der Waals surface area contributed by atoms with Crippen LogP contribution in [0.4, 0.5) is 4.79 Å². The van der Waals surface area contributed by atoms with Crippen molar-refractivity contribution in [3.63, 3.8) is 0 Å². The molecular weight excluding hydrogens is 610 g/mol. The highest BCUT2D eigenvalue weighted by Crippen LogP contribution is 2.17. The molecule has 1 rings (SSSR count). The lowest BCUT2D eigenvalue weighted by atomic mass is 9.91. The van der Waals surface area contributed by atoms with Crippen LogP contribution in [0.1, 0.15) is 72.7 Å². The Morgan fingerprint density at radius 1 is 0.830 bits per heavy atom. The van der Waals surface area contributed by atoms with E-state index in [4.69, 9.17) is 4.74 Å². The molecule has 47 heavy (non-hydrogen) atoms. The molecule has 5 amide bonds. The molecule has 7 N–H and O–H groups in total. The Bertz CT molecular complexity index is 1190. The normalized spacial score (nSPS) is 15.4. The van der Waals surface area contributed by atoms with Crippen LogP contribution in [0.25, 0.3) is 0 Å². The third-order valence-electron chi connectivity index (χ3n) is 7.60. The zero-order valence-corrected chi connectivity index (χ0v) is 29.5. The van der Waals surface area contributed by atoms with Crippen LogP contribution in [0, 0.1) is 37.5 Å². The van der Waals surface area contributed by atoms with E-state index in [-0.39, 0.29) is 36.6 Å². The van der Waals surface area contributed by atoms with E-state index in [1.807, 2.05) is 61.5 Å². The van der Waals surface area contributed by atoms with E-state index in [1.54, 1.807) is 11.6 Å². The third-order valence-corrected chi connectivity index (χ3v) is 7.60. The molecule has 15 nitrogen and oxygen atoms in total. The summed E-state index contributed by atoms with van der Waals surface area (Å²) in [6.07, 6.45) is -3.29. The number of ether oxygens (including phenoxy) is 1. The summed E-state index contributed by atoms with van der Waals surface area (Å²) in [5.41, 5.74) is 1.57. The van der Waals surface area contributed by atoms with Crippen molar-refractivity contribution >= 4 is 29.7 Å². The van der Waals surface area contributed by atoms with Crippen LogP contribution in [0.15, 0.2) is 6.07 Å². The summed E-state index contributed by atoms with van der Waals surface area (Å²) in [5, 5.41) is 37.8. The topological polar surface area (TPSA) is 213 Å². The molecule has 1 heterocycles. The zero-order chi connectivity index (χ0) is 36.0. The second kappa shape index (κ2) is 19.8. The van der Waals surface area contributed by atoms with Gasteiger partial charge in [0.2, 0.25) is 17.7 Å². The van der Waals surface area contributed by atoms with Crippen LogP contribution in [-0.2, 0) is 30.5 Å². The lowest BCUT2D eigenvalue weighted by Crippen LogP contribution is -2.58. The molecule has 0 saturated heterocycles. The quantitative estimate of drug-likeness (QED) is 0.106. The number of rotatable bonds is 20. The number of carbonyl (C=O) groups excluding carboxylic acids is 4. The molecule has 1 aromatic rings. The molecule has 268 valence electrons. The van der Waals surface area contributed by atoms with Crippen molar-refractivity contribution in [2.24, 2.45) is 23.7 Å². The summed E-state index contributed by atoms with van der Waals surface area (Å²) in [6.45, 7) is 16.8. The molecule has 15 heteroatoms. The molecule has 0 bridgehead atoms. The van der Waals surface area contributed by atoms with E-state index in [9.17, 15) is 34.2 Å². The Morgan fingerprint density at radius 2 is 1.47 bits per heavy atom. The van der Waals surface area contributed by atoms with Gasteiger partial charge < -0.3 is 41.5 Å². The Balaban J connectivity index is 3.05. The summed E-state index contributed by atoms with van der Waals surface area (Å²) in [5.74, 6) is -2.70. The van der Waals surface area contributed by atoms with Crippen molar-refractivity contribution < 1.29 is 38.9 Å². The molecule has 0 aliphatic rings. The van der Waals surface area contributed by atoms with Crippen LogP contribution in [0.5, 0.6) is 0 Å². The summed E-state index contributed by atoms with van der Waals surface area (Å²) in [4.78, 5) is 63.8. The highest BCUT2D eigenvalue weighted by molar-refractivity contribution is 5.90. The number of aliphatic hydroxyl groups is 1. The number of hydrogen-bond donors (Lipinski definition) is 7. The Labute approximate surface area is 278 Å². The van der Waals surface area contributed by atoms with E-state index in [0.717, 1.165) is 11.4 Å². The van der Waals surface area contributed by atoms with E-state index < -0.39 is 66.6 Å². The number of aliphatic hydroxyl groups excluding tert-OH is 1. The van der Waals surface area contributed by atoms with Gasteiger partial charge in [-0.1, -0.05) is 48.5 Å². The van der Waals surface area contributed by atoms with Crippen molar-refractivity contribution in [3.05, 3.63) is 17.5 Å². The van der Waals surface area contributed by atoms with Gasteiger partial charge in [0.15, 0.2) is 6.10 Å². The first-order valence-electron chi connectivity index (χ1n) is 16.2. The standard InChI is InChI=1S/C32H57N7O8/c1-17(2)11-23(25(40)12-20(7)28(41)37-27(19(5)6)31(44)33-14-18(3)4)35-29(42)24(15-34-32(45)46)36-30(43)26(47-10)16-39-22(9)13-21(8)38-39/h13,17-20,23-27,34,40H,11-12,14-16H2,1-10H3,(H,33,44)(H,35,42)(H,36,43)(H,37,41)(H,45,46)/t20-,23+,24+,25+,26+,27+/m1/s1. The highest BCUT2D eigenvalue weighted by Gasteiger charge is 2.33. The SMILES string of the molecule is CO[C@@H](Cn1nc(C)cc1C)C(=O)N[C@@H](CNC(=O)O)C(=O)N[C@@H](CC(C)C)[C@@H](O)C[C@@H](C)C(=O)N[C@H](C(=O)NCC(C)C)C(C)C. The van der Waals surface area contributed by atoms with Gasteiger partial charge in [-0.15, -0.1) is 0 Å². The van der Waals surface area contributed by atoms with Gasteiger partial charge >= 0.3 is 6.09 Å². The van der Waals surface area contributed by atoms with Gasteiger partial charge in [-0.25, -0.2) is 4.79 Å². The fourth-order valence-corrected chi connectivity index (χ4v) is 4.93. The van der Waals surface area contributed by atoms with Crippen LogP contribution in [-0.4, -0.2) is 100 Å². The fourth-order valence-electron chi connectivity index (χ4n) is 4.93. The number of methoxy groups -OCH3 is 1. The minimum atomic E-state index is -1.39. The number of amides is 5. The predicted molar refractivity (Wildman–Crippen MR) is 176 cm³/mol.